The summed E-state index contributed by atoms with van der Waals surface area (Å²) in [7, 11) is -4.05. The SMILES string of the molecule is C[C@H]1CC2CC(S(=O)(=O)c3cc(C(=O)Nc4cc(F)c(F)c(F)c4)ccc3Cl)CC1[C@@]2(O)/C=C\C(C)(C)O. The summed E-state index contributed by atoms with van der Waals surface area (Å²) >= 11 is 6.26. The molecule has 0 spiro atoms. The van der Waals surface area contributed by atoms with Gasteiger partial charge < -0.3 is 15.5 Å². The number of anilines is 1. The quantitative estimate of drug-likeness (QED) is 0.323. The number of carbonyl (C=O) groups excluding carboxylic acids is 1. The maximum absolute atomic E-state index is 13.7. The minimum Gasteiger partial charge on any atom is -0.386 e. The summed E-state index contributed by atoms with van der Waals surface area (Å²) in [5.41, 5.74) is -2.87. The molecule has 2 aromatic carbocycles. The second-order valence-corrected chi connectivity index (χ2v) is 13.5. The highest BCUT2D eigenvalue weighted by Crippen LogP contribution is 2.55. The van der Waals surface area contributed by atoms with Gasteiger partial charge in [0, 0.05) is 23.4 Å². The first-order valence-electron chi connectivity index (χ1n) is 12.2. The summed E-state index contributed by atoms with van der Waals surface area (Å²) in [6.07, 6.45) is 4.06. The third-order valence-electron chi connectivity index (χ3n) is 7.59. The molecule has 0 saturated heterocycles. The number of nitrogens with one attached hydrogen (secondary N) is 1. The minimum absolute atomic E-state index is 0.0424. The van der Waals surface area contributed by atoms with E-state index in [9.17, 15) is 36.6 Å². The van der Waals surface area contributed by atoms with Crippen LogP contribution in [0.15, 0.2) is 47.4 Å². The molecule has 0 aliphatic heterocycles. The number of amides is 1. The normalized spacial score (nSPS) is 27.6. The first kappa shape index (κ1) is 28.6. The molecule has 2 aliphatic rings. The van der Waals surface area contributed by atoms with E-state index in [4.69, 9.17) is 11.6 Å². The van der Waals surface area contributed by atoms with E-state index in [2.05, 4.69) is 5.32 Å². The van der Waals surface area contributed by atoms with Crippen molar-refractivity contribution in [1.82, 2.24) is 0 Å². The number of sulfone groups is 1. The largest absolute Gasteiger partial charge is 0.386 e. The van der Waals surface area contributed by atoms with Gasteiger partial charge in [0.1, 0.15) is 0 Å². The fraction of sp³-hybridized carbons (Fsp3) is 0.444. The van der Waals surface area contributed by atoms with Gasteiger partial charge >= 0.3 is 0 Å². The first-order chi connectivity index (χ1) is 17.5. The Morgan fingerprint density at radius 1 is 1.13 bits per heavy atom. The zero-order valence-electron chi connectivity index (χ0n) is 21.0. The lowest BCUT2D eigenvalue weighted by Crippen LogP contribution is -2.47. The van der Waals surface area contributed by atoms with Crippen LogP contribution in [0.5, 0.6) is 0 Å². The van der Waals surface area contributed by atoms with Crippen molar-refractivity contribution in [3.63, 3.8) is 0 Å². The van der Waals surface area contributed by atoms with Crippen LogP contribution in [0, 0.1) is 35.2 Å². The smallest absolute Gasteiger partial charge is 0.255 e. The third-order valence-corrected chi connectivity index (χ3v) is 10.2. The van der Waals surface area contributed by atoms with Crippen LogP contribution in [0.25, 0.3) is 0 Å². The van der Waals surface area contributed by atoms with Gasteiger partial charge in [0.25, 0.3) is 5.91 Å². The summed E-state index contributed by atoms with van der Waals surface area (Å²) in [5.74, 6) is -6.21. The lowest BCUT2D eigenvalue weighted by atomic mass is 9.72. The fourth-order valence-electron chi connectivity index (χ4n) is 5.69. The van der Waals surface area contributed by atoms with Gasteiger partial charge in [0.15, 0.2) is 27.3 Å². The van der Waals surface area contributed by atoms with Gasteiger partial charge in [-0.05, 0) is 69.1 Å². The maximum atomic E-state index is 13.7. The van der Waals surface area contributed by atoms with Crippen LogP contribution in [-0.2, 0) is 9.84 Å². The predicted molar refractivity (Wildman–Crippen MR) is 137 cm³/mol. The molecule has 3 N–H and O–H groups in total. The summed E-state index contributed by atoms with van der Waals surface area (Å²) < 4.78 is 67.7. The average molecular weight is 572 g/mol. The zero-order valence-corrected chi connectivity index (χ0v) is 22.6. The van der Waals surface area contributed by atoms with Crippen molar-refractivity contribution < 1.29 is 36.6 Å². The zero-order chi connectivity index (χ0) is 28.2. The number of hydrogen-bond acceptors (Lipinski definition) is 5. The molecule has 206 valence electrons. The molecule has 38 heavy (non-hydrogen) atoms. The van der Waals surface area contributed by atoms with E-state index in [-0.39, 0.29) is 51.8 Å². The van der Waals surface area contributed by atoms with Gasteiger partial charge in [-0.3, -0.25) is 4.79 Å². The van der Waals surface area contributed by atoms with Crippen LogP contribution in [0.4, 0.5) is 18.9 Å². The molecule has 1 amide bonds. The fourth-order valence-corrected chi connectivity index (χ4v) is 8.06. The van der Waals surface area contributed by atoms with Crippen molar-refractivity contribution in [3.05, 3.63) is 70.5 Å². The van der Waals surface area contributed by atoms with Crippen molar-refractivity contribution in [2.24, 2.45) is 17.8 Å². The Kier molecular flexibility index (Phi) is 7.50. The number of benzene rings is 2. The molecule has 11 heteroatoms. The second kappa shape index (κ2) is 9.97. The number of hydrogen-bond donors (Lipinski definition) is 3. The predicted octanol–water partition coefficient (Wildman–Crippen LogP) is 5.28. The Hall–Kier alpha value is -2.40. The van der Waals surface area contributed by atoms with Crippen molar-refractivity contribution >= 4 is 33.0 Å². The van der Waals surface area contributed by atoms with Gasteiger partial charge in [-0.1, -0.05) is 30.7 Å². The topological polar surface area (TPSA) is 104 Å². The van der Waals surface area contributed by atoms with E-state index in [1.165, 1.54) is 18.2 Å². The van der Waals surface area contributed by atoms with Crippen molar-refractivity contribution in [2.45, 2.75) is 61.4 Å². The van der Waals surface area contributed by atoms with Gasteiger partial charge in [0.05, 0.1) is 26.4 Å². The molecule has 2 saturated carbocycles. The summed E-state index contributed by atoms with van der Waals surface area (Å²) in [6.45, 7) is 5.13. The van der Waals surface area contributed by atoms with Crippen molar-refractivity contribution in [1.29, 1.82) is 0 Å². The molecule has 2 bridgehead atoms. The van der Waals surface area contributed by atoms with E-state index < -0.39 is 49.6 Å². The molecular formula is C27H29ClF3NO5S. The van der Waals surface area contributed by atoms with Crippen LogP contribution in [0.3, 0.4) is 0 Å². The molecule has 3 unspecified atom stereocenters. The highest BCUT2D eigenvalue weighted by atomic mass is 35.5. The molecule has 5 atom stereocenters. The molecule has 2 aliphatic carbocycles. The Labute approximate surface area is 224 Å². The number of rotatable bonds is 6. The van der Waals surface area contributed by atoms with E-state index in [0.717, 1.165) is 6.07 Å². The number of carbonyl (C=O) groups is 1. The van der Waals surface area contributed by atoms with E-state index in [0.29, 0.717) is 18.6 Å². The van der Waals surface area contributed by atoms with E-state index in [1.807, 2.05) is 6.92 Å². The first-order valence-corrected chi connectivity index (χ1v) is 14.1. The molecular weight excluding hydrogens is 543 g/mol. The third kappa shape index (κ3) is 5.36. The highest BCUT2D eigenvalue weighted by Gasteiger charge is 2.57. The molecule has 6 nitrogen and oxygen atoms in total. The Morgan fingerprint density at radius 2 is 1.76 bits per heavy atom. The van der Waals surface area contributed by atoms with Gasteiger partial charge in [-0.25, -0.2) is 21.6 Å². The highest BCUT2D eigenvalue weighted by molar-refractivity contribution is 7.92. The molecule has 4 rings (SSSR count). The Bertz CT molecular complexity index is 1380. The number of aliphatic hydroxyl groups is 2. The van der Waals surface area contributed by atoms with Crippen molar-refractivity contribution in [3.8, 4) is 0 Å². The van der Waals surface area contributed by atoms with Crippen molar-refractivity contribution in [2.75, 3.05) is 5.32 Å². The second-order valence-electron chi connectivity index (χ2n) is 10.9. The van der Waals surface area contributed by atoms with E-state index in [1.54, 1.807) is 19.9 Å². The summed E-state index contributed by atoms with van der Waals surface area (Å²) in [4.78, 5) is 12.5. The Balaban J connectivity index is 1.60. The van der Waals surface area contributed by atoms with E-state index >= 15 is 0 Å². The van der Waals surface area contributed by atoms with Crippen LogP contribution in [-0.4, -0.2) is 41.0 Å². The van der Waals surface area contributed by atoms with Crippen LogP contribution in [0.2, 0.25) is 5.02 Å². The lowest BCUT2D eigenvalue weighted by molar-refractivity contribution is -0.0215. The monoisotopic (exact) mass is 571 g/mol. The van der Waals surface area contributed by atoms with Gasteiger partial charge in [-0.2, -0.15) is 0 Å². The maximum Gasteiger partial charge on any atom is 0.255 e. The molecule has 2 fully saturated rings. The van der Waals surface area contributed by atoms with Gasteiger partial charge in [-0.15, -0.1) is 0 Å². The molecule has 0 radical (unpaired) electrons. The molecule has 0 aromatic heterocycles. The number of halogens is 4. The average Bonchev–Trinajstić information content (AvgIpc) is 2.94. The van der Waals surface area contributed by atoms with Gasteiger partial charge in [0.2, 0.25) is 0 Å². The summed E-state index contributed by atoms with van der Waals surface area (Å²) in [5, 5.41) is 22.8. The lowest BCUT2D eigenvalue weighted by Gasteiger charge is -2.41. The molecule has 0 heterocycles. The minimum atomic E-state index is -4.05. The van der Waals surface area contributed by atoms with Crippen LogP contribution >= 0.6 is 11.6 Å². The number of fused-ring (bicyclic) bond motifs is 2. The Morgan fingerprint density at radius 3 is 2.34 bits per heavy atom. The standard InChI is InChI=1S/C27H29ClF3NO5S/c1-14-8-16-10-18(13-19(14)27(16,35)7-6-26(2,3)34)38(36,37)23-9-15(4-5-20(23)28)25(33)32-17-11-21(29)24(31)22(30)12-17/h4-7,9,11-12,14,16,18-19,34-35H,8,10,13H2,1-3H3,(H,32,33)/b7-6-/t14-,16?,18?,19?,27+/m0/s1. The molecule has 2 aromatic rings. The van der Waals surface area contributed by atoms with Crippen LogP contribution in [0.1, 0.15) is 50.4 Å². The summed E-state index contributed by atoms with van der Waals surface area (Å²) in [6, 6.07) is 4.83. The van der Waals surface area contributed by atoms with Crippen LogP contribution < -0.4 is 5.32 Å².